The predicted molar refractivity (Wildman–Crippen MR) is 108 cm³/mol. The number of hydrogen-bond acceptors (Lipinski definition) is 4. The van der Waals surface area contributed by atoms with Crippen LogP contribution in [0.1, 0.15) is 31.8 Å². The molecule has 0 spiro atoms. The van der Waals surface area contributed by atoms with E-state index in [9.17, 15) is 9.59 Å². The van der Waals surface area contributed by atoms with Gasteiger partial charge in [-0.3, -0.25) is 0 Å². The van der Waals surface area contributed by atoms with Crippen LogP contribution in [0.2, 0.25) is 0 Å². The molecule has 0 radical (unpaired) electrons. The Labute approximate surface area is 162 Å². The molecule has 0 atom stereocenters. The fourth-order valence-electron chi connectivity index (χ4n) is 2.64. The van der Waals surface area contributed by atoms with Gasteiger partial charge in [0.15, 0.2) is 0 Å². The maximum Gasteiger partial charge on any atom is 0.335 e. The van der Waals surface area contributed by atoms with Gasteiger partial charge in [0.05, 0.1) is 11.1 Å². The monoisotopic (exact) mass is 376 g/mol. The number of anilines is 2. The van der Waals surface area contributed by atoms with Gasteiger partial charge in [-0.2, -0.15) is 0 Å². The summed E-state index contributed by atoms with van der Waals surface area (Å²) in [7, 11) is 0. The summed E-state index contributed by atoms with van der Waals surface area (Å²) < 4.78 is 0. The third-order valence-electron chi connectivity index (χ3n) is 4.28. The first-order valence-corrected chi connectivity index (χ1v) is 8.73. The molecule has 0 fully saturated rings. The normalized spacial score (nSPS) is 10.3. The van der Waals surface area contributed by atoms with Gasteiger partial charge in [0.25, 0.3) is 0 Å². The fraction of sp³-hybridized carbons (Fsp3) is 0.0909. The summed E-state index contributed by atoms with van der Waals surface area (Å²) in [6.45, 7) is 1.27. The molecule has 0 unspecified atom stereocenters. The highest BCUT2D eigenvalue weighted by Crippen LogP contribution is 2.14. The maximum atomic E-state index is 10.9. The molecular formula is C22H20N2O4. The van der Waals surface area contributed by atoms with Gasteiger partial charge in [-0.25, -0.2) is 9.59 Å². The van der Waals surface area contributed by atoms with E-state index in [4.69, 9.17) is 10.2 Å². The SMILES string of the molecule is O=C(O)c1ccc(NCc2ccc(CNc3ccc(C(=O)O)cc3)cc2)cc1. The van der Waals surface area contributed by atoms with E-state index < -0.39 is 11.9 Å². The van der Waals surface area contributed by atoms with E-state index in [1.54, 1.807) is 48.5 Å². The number of carbonyl (C=O) groups is 2. The zero-order valence-corrected chi connectivity index (χ0v) is 15.1. The Bertz CT molecular complexity index is 869. The van der Waals surface area contributed by atoms with Crippen LogP contribution in [-0.4, -0.2) is 22.2 Å². The van der Waals surface area contributed by atoms with E-state index >= 15 is 0 Å². The van der Waals surface area contributed by atoms with Crippen LogP contribution in [0.25, 0.3) is 0 Å². The minimum absolute atomic E-state index is 0.264. The molecule has 0 bridgehead atoms. The molecule has 0 aromatic heterocycles. The Hall–Kier alpha value is -3.80. The van der Waals surface area contributed by atoms with Gasteiger partial charge in [0, 0.05) is 24.5 Å². The van der Waals surface area contributed by atoms with Crippen molar-refractivity contribution >= 4 is 23.3 Å². The molecule has 6 nitrogen and oxygen atoms in total. The van der Waals surface area contributed by atoms with Crippen LogP contribution in [0.5, 0.6) is 0 Å². The number of hydrogen-bond donors (Lipinski definition) is 4. The lowest BCUT2D eigenvalue weighted by atomic mass is 10.1. The topological polar surface area (TPSA) is 98.7 Å². The highest BCUT2D eigenvalue weighted by atomic mass is 16.4. The van der Waals surface area contributed by atoms with Crippen LogP contribution in [0, 0.1) is 0 Å². The fourth-order valence-corrected chi connectivity index (χ4v) is 2.64. The molecule has 3 aromatic carbocycles. The number of carboxylic acids is 2. The van der Waals surface area contributed by atoms with Crippen LogP contribution < -0.4 is 10.6 Å². The lowest BCUT2D eigenvalue weighted by Crippen LogP contribution is -2.03. The summed E-state index contributed by atoms with van der Waals surface area (Å²) in [6.07, 6.45) is 0. The van der Waals surface area contributed by atoms with Gasteiger partial charge in [-0.15, -0.1) is 0 Å². The largest absolute Gasteiger partial charge is 0.478 e. The highest BCUT2D eigenvalue weighted by Gasteiger charge is 2.03. The Balaban J connectivity index is 1.50. The van der Waals surface area contributed by atoms with Gasteiger partial charge < -0.3 is 20.8 Å². The van der Waals surface area contributed by atoms with Gasteiger partial charge in [0.1, 0.15) is 0 Å². The van der Waals surface area contributed by atoms with E-state index in [-0.39, 0.29) is 11.1 Å². The van der Waals surface area contributed by atoms with Crippen molar-refractivity contribution in [2.45, 2.75) is 13.1 Å². The van der Waals surface area contributed by atoms with Crippen molar-refractivity contribution in [3.8, 4) is 0 Å². The Kier molecular flexibility index (Phi) is 5.91. The number of aromatic carboxylic acids is 2. The maximum absolute atomic E-state index is 10.9. The summed E-state index contributed by atoms with van der Waals surface area (Å²) >= 11 is 0. The van der Waals surface area contributed by atoms with Crippen molar-refractivity contribution in [1.82, 2.24) is 0 Å². The van der Waals surface area contributed by atoms with Gasteiger partial charge >= 0.3 is 11.9 Å². The van der Waals surface area contributed by atoms with Crippen molar-refractivity contribution < 1.29 is 19.8 Å². The van der Waals surface area contributed by atoms with Crippen LogP contribution in [0.15, 0.2) is 72.8 Å². The molecule has 6 heteroatoms. The van der Waals surface area contributed by atoms with E-state index in [0.717, 1.165) is 22.5 Å². The average molecular weight is 376 g/mol. The van der Waals surface area contributed by atoms with Crippen LogP contribution >= 0.6 is 0 Å². The Morgan fingerprint density at radius 1 is 0.571 bits per heavy atom. The second-order valence-corrected chi connectivity index (χ2v) is 6.29. The lowest BCUT2D eigenvalue weighted by molar-refractivity contribution is 0.0686. The van der Waals surface area contributed by atoms with Crippen molar-refractivity contribution in [1.29, 1.82) is 0 Å². The molecule has 4 N–H and O–H groups in total. The standard InChI is InChI=1S/C22H20N2O4/c25-21(26)17-5-9-19(10-6-17)23-13-15-1-2-16(4-3-15)14-24-20-11-7-18(8-12-20)22(27)28/h1-12,23-24H,13-14H2,(H,25,26)(H,27,28). The number of nitrogens with one attached hydrogen (secondary N) is 2. The summed E-state index contributed by atoms with van der Waals surface area (Å²) in [5.41, 5.74) is 4.47. The Morgan fingerprint density at radius 3 is 1.18 bits per heavy atom. The second kappa shape index (κ2) is 8.73. The molecule has 0 aliphatic rings. The quantitative estimate of drug-likeness (QED) is 0.468. The second-order valence-electron chi connectivity index (χ2n) is 6.29. The minimum Gasteiger partial charge on any atom is -0.478 e. The van der Waals surface area contributed by atoms with E-state index in [1.807, 2.05) is 24.3 Å². The van der Waals surface area contributed by atoms with Gasteiger partial charge in [-0.05, 0) is 59.7 Å². The van der Waals surface area contributed by atoms with Crippen LogP contribution in [-0.2, 0) is 13.1 Å². The Morgan fingerprint density at radius 2 is 0.893 bits per heavy atom. The first-order valence-electron chi connectivity index (χ1n) is 8.73. The molecule has 0 aliphatic heterocycles. The molecule has 0 heterocycles. The highest BCUT2D eigenvalue weighted by molar-refractivity contribution is 5.88. The smallest absolute Gasteiger partial charge is 0.335 e. The third-order valence-corrected chi connectivity index (χ3v) is 4.28. The molecular weight excluding hydrogens is 356 g/mol. The minimum atomic E-state index is -0.937. The zero-order chi connectivity index (χ0) is 19.9. The molecule has 142 valence electrons. The van der Waals surface area contributed by atoms with Crippen molar-refractivity contribution in [3.05, 3.63) is 95.1 Å². The molecule has 3 aromatic rings. The predicted octanol–water partition coefficient (Wildman–Crippen LogP) is 4.31. The van der Waals surface area contributed by atoms with Gasteiger partial charge in [-0.1, -0.05) is 24.3 Å². The summed E-state index contributed by atoms with van der Waals surface area (Å²) in [5.74, 6) is -1.87. The van der Waals surface area contributed by atoms with Gasteiger partial charge in [0.2, 0.25) is 0 Å². The average Bonchev–Trinajstić information content (AvgIpc) is 2.72. The van der Waals surface area contributed by atoms with Crippen molar-refractivity contribution in [2.24, 2.45) is 0 Å². The summed E-state index contributed by atoms with van der Waals surface area (Å²) in [5, 5.41) is 24.3. The summed E-state index contributed by atoms with van der Waals surface area (Å²) in [4.78, 5) is 21.7. The molecule has 28 heavy (non-hydrogen) atoms. The molecule has 0 saturated heterocycles. The molecule has 3 rings (SSSR count). The zero-order valence-electron chi connectivity index (χ0n) is 15.1. The van der Waals surface area contributed by atoms with Crippen LogP contribution in [0.3, 0.4) is 0 Å². The molecule has 0 aliphatic carbocycles. The first-order chi connectivity index (χ1) is 13.5. The molecule has 0 amide bonds. The summed E-state index contributed by atoms with van der Waals surface area (Å²) in [6, 6.07) is 21.4. The number of benzene rings is 3. The van der Waals surface area contributed by atoms with Crippen molar-refractivity contribution in [2.75, 3.05) is 10.6 Å². The van der Waals surface area contributed by atoms with E-state index in [1.165, 1.54) is 0 Å². The number of carboxylic acid groups (broad SMARTS) is 2. The van der Waals surface area contributed by atoms with Crippen LogP contribution in [0.4, 0.5) is 11.4 Å². The van der Waals surface area contributed by atoms with E-state index in [2.05, 4.69) is 10.6 Å². The molecule has 0 saturated carbocycles. The van der Waals surface area contributed by atoms with E-state index in [0.29, 0.717) is 13.1 Å². The number of rotatable bonds is 8. The van der Waals surface area contributed by atoms with Crippen molar-refractivity contribution in [3.63, 3.8) is 0 Å². The first kappa shape index (κ1) is 19.0. The lowest BCUT2D eigenvalue weighted by Gasteiger charge is -2.09. The third kappa shape index (κ3) is 5.11.